The molecule has 1 heterocycles. The van der Waals surface area contributed by atoms with E-state index in [0.29, 0.717) is 12.1 Å². The van der Waals surface area contributed by atoms with E-state index in [9.17, 15) is 9.18 Å². The van der Waals surface area contributed by atoms with Gasteiger partial charge < -0.3 is 14.7 Å². The van der Waals surface area contributed by atoms with Gasteiger partial charge >= 0.3 is 0 Å². The van der Waals surface area contributed by atoms with Gasteiger partial charge in [0, 0.05) is 6.07 Å². The summed E-state index contributed by atoms with van der Waals surface area (Å²) in [6.07, 6.45) is 0.706. The van der Waals surface area contributed by atoms with Crippen LogP contribution in [0.4, 0.5) is 4.39 Å². The molecule has 1 aromatic heterocycles. The molecule has 6 heteroatoms. The summed E-state index contributed by atoms with van der Waals surface area (Å²) in [5.41, 5.74) is 1.50. The van der Waals surface area contributed by atoms with E-state index in [1.54, 1.807) is 25.1 Å². The van der Waals surface area contributed by atoms with Crippen molar-refractivity contribution in [1.29, 1.82) is 0 Å². The molecule has 0 aliphatic carbocycles. The maximum Gasteiger partial charge on any atom is 0.290 e. The first-order chi connectivity index (χ1) is 10.5. The second-order valence-electron chi connectivity index (χ2n) is 5.50. The van der Waals surface area contributed by atoms with Crippen LogP contribution in [0.2, 0.25) is 0 Å². The van der Waals surface area contributed by atoms with E-state index in [-0.39, 0.29) is 23.5 Å². The molecule has 0 spiro atoms. The number of carbonyl (C=O) groups is 1. The summed E-state index contributed by atoms with van der Waals surface area (Å²) in [6, 6.07) is 7.51. The number of nitrogens with zero attached hydrogens (tertiary/aromatic N) is 2. The average Bonchev–Trinajstić information content (AvgIpc) is 2.91. The first-order valence-electron chi connectivity index (χ1n) is 7.10. The van der Waals surface area contributed by atoms with Crippen molar-refractivity contribution in [2.24, 2.45) is 0 Å². The molecule has 1 atom stereocenters. The number of halogens is 1. The highest BCUT2D eigenvalue weighted by Crippen LogP contribution is 2.18. The zero-order valence-electron chi connectivity index (χ0n) is 13.0. The average molecular weight is 305 g/mol. The van der Waals surface area contributed by atoms with Crippen LogP contribution < -0.4 is 5.32 Å². The minimum absolute atomic E-state index is 0.175. The van der Waals surface area contributed by atoms with Crippen LogP contribution in [0.3, 0.4) is 0 Å². The van der Waals surface area contributed by atoms with Crippen molar-refractivity contribution in [2.75, 3.05) is 20.6 Å². The minimum Gasteiger partial charge on any atom is -0.351 e. The molecule has 1 N–H and O–H groups in total. The lowest BCUT2D eigenvalue weighted by atomic mass is 10.0. The third kappa shape index (κ3) is 4.39. The Bertz CT molecular complexity index is 623. The molecule has 1 unspecified atom stereocenters. The number of carbonyl (C=O) groups excluding carboxylic acids is 1. The number of rotatable bonds is 6. The molecular formula is C16H20FN3O2. The molecule has 2 rings (SSSR count). The minimum atomic E-state index is -0.325. The Morgan fingerprint density at radius 3 is 2.59 bits per heavy atom. The van der Waals surface area contributed by atoms with Crippen molar-refractivity contribution in [3.05, 3.63) is 53.2 Å². The molecule has 2 aromatic rings. The highest BCUT2D eigenvalue weighted by atomic mass is 19.1. The van der Waals surface area contributed by atoms with Crippen LogP contribution in [-0.2, 0) is 0 Å². The zero-order chi connectivity index (χ0) is 16.1. The van der Waals surface area contributed by atoms with Crippen LogP contribution in [0, 0.1) is 12.7 Å². The third-order valence-corrected chi connectivity index (χ3v) is 3.29. The first kappa shape index (κ1) is 16.2. The number of benzene rings is 1. The van der Waals surface area contributed by atoms with Crippen molar-refractivity contribution < 1.29 is 13.7 Å². The van der Waals surface area contributed by atoms with Gasteiger partial charge in [-0.25, -0.2) is 4.39 Å². The number of aromatic nitrogens is 1. The van der Waals surface area contributed by atoms with E-state index in [1.165, 1.54) is 12.1 Å². The van der Waals surface area contributed by atoms with Gasteiger partial charge in [-0.05, 0) is 51.7 Å². The highest BCUT2D eigenvalue weighted by molar-refractivity contribution is 5.91. The van der Waals surface area contributed by atoms with Gasteiger partial charge in [0.05, 0.1) is 11.7 Å². The lowest BCUT2D eigenvalue weighted by Gasteiger charge is -2.20. The topological polar surface area (TPSA) is 58.4 Å². The quantitative estimate of drug-likeness (QED) is 0.891. The fourth-order valence-corrected chi connectivity index (χ4v) is 2.10. The van der Waals surface area contributed by atoms with Crippen LogP contribution in [0.1, 0.15) is 34.3 Å². The summed E-state index contributed by atoms with van der Waals surface area (Å²) in [5.74, 6) is -0.449. The van der Waals surface area contributed by atoms with E-state index in [4.69, 9.17) is 4.52 Å². The van der Waals surface area contributed by atoms with Gasteiger partial charge in [0.1, 0.15) is 5.82 Å². The van der Waals surface area contributed by atoms with Crippen LogP contribution in [-0.4, -0.2) is 36.6 Å². The predicted octanol–water partition coefficient (Wildman–Crippen LogP) is 2.54. The largest absolute Gasteiger partial charge is 0.351 e. The van der Waals surface area contributed by atoms with Crippen molar-refractivity contribution in [1.82, 2.24) is 15.4 Å². The molecule has 0 aliphatic rings. The van der Waals surface area contributed by atoms with Gasteiger partial charge in [-0.3, -0.25) is 4.79 Å². The zero-order valence-corrected chi connectivity index (χ0v) is 13.0. The van der Waals surface area contributed by atoms with Gasteiger partial charge in [0.2, 0.25) is 5.76 Å². The van der Waals surface area contributed by atoms with Crippen molar-refractivity contribution in [3.63, 3.8) is 0 Å². The Balaban J connectivity index is 2.13. The molecule has 0 fully saturated rings. The van der Waals surface area contributed by atoms with Crippen LogP contribution >= 0.6 is 0 Å². The normalized spacial score (nSPS) is 12.4. The Morgan fingerprint density at radius 1 is 1.36 bits per heavy atom. The number of amides is 1. The molecule has 1 aromatic carbocycles. The Hall–Kier alpha value is -2.21. The molecule has 0 radical (unpaired) electrons. The lowest BCUT2D eigenvalue weighted by molar-refractivity contribution is 0.0895. The molecule has 22 heavy (non-hydrogen) atoms. The molecule has 118 valence electrons. The number of hydrogen-bond donors (Lipinski definition) is 1. The SMILES string of the molecule is Cc1cc(C(=O)NC(CCN(C)C)c2ccc(F)cc2)on1. The number of nitrogens with one attached hydrogen (secondary N) is 1. The van der Waals surface area contributed by atoms with Crippen LogP contribution in [0.25, 0.3) is 0 Å². The van der Waals surface area contributed by atoms with E-state index in [1.807, 2.05) is 19.0 Å². The Kier molecular flexibility index (Phi) is 5.27. The van der Waals surface area contributed by atoms with Crippen molar-refractivity contribution in [2.45, 2.75) is 19.4 Å². The maximum absolute atomic E-state index is 13.1. The van der Waals surface area contributed by atoms with Crippen molar-refractivity contribution in [3.8, 4) is 0 Å². The van der Waals surface area contributed by atoms with E-state index >= 15 is 0 Å². The van der Waals surface area contributed by atoms with E-state index in [2.05, 4.69) is 10.5 Å². The summed E-state index contributed by atoms with van der Waals surface area (Å²) in [7, 11) is 3.92. The summed E-state index contributed by atoms with van der Waals surface area (Å²) in [5, 5.41) is 6.63. The van der Waals surface area contributed by atoms with Crippen LogP contribution in [0.15, 0.2) is 34.9 Å². The van der Waals surface area contributed by atoms with Crippen molar-refractivity contribution >= 4 is 5.91 Å². The number of hydrogen-bond acceptors (Lipinski definition) is 4. The Morgan fingerprint density at radius 2 is 2.05 bits per heavy atom. The second kappa shape index (κ2) is 7.17. The fraction of sp³-hybridized carbons (Fsp3) is 0.375. The molecular weight excluding hydrogens is 285 g/mol. The first-order valence-corrected chi connectivity index (χ1v) is 7.10. The van der Waals surface area contributed by atoms with Gasteiger partial charge in [0.25, 0.3) is 5.91 Å². The molecule has 0 saturated heterocycles. The summed E-state index contributed by atoms with van der Waals surface area (Å²) in [6.45, 7) is 2.54. The molecule has 0 saturated carbocycles. The van der Waals surface area contributed by atoms with E-state index in [0.717, 1.165) is 12.1 Å². The Labute approximate surface area is 129 Å². The third-order valence-electron chi connectivity index (χ3n) is 3.29. The number of aryl methyl sites for hydroxylation is 1. The highest BCUT2D eigenvalue weighted by Gasteiger charge is 2.19. The maximum atomic E-state index is 13.1. The van der Waals surface area contributed by atoms with Gasteiger partial charge in [-0.1, -0.05) is 17.3 Å². The fourth-order valence-electron chi connectivity index (χ4n) is 2.10. The smallest absolute Gasteiger partial charge is 0.290 e. The summed E-state index contributed by atoms with van der Waals surface area (Å²) >= 11 is 0. The molecule has 0 aliphatic heterocycles. The second-order valence-corrected chi connectivity index (χ2v) is 5.50. The lowest BCUT2D eigenvalue weighted by Crippen LogP contribution is -2.30. The van der Waals surface area contributed by atoms with Gasteiger partial charge in [0.15, 0.2) is 0 Å². The summed E-state index contributed by atoms with van der Waals surface area (Å²) < 4.78 is 18.1. The summed E-state index contributed by atoms with van der Waals surface area (Å²) in [4.78, 5) is 14.2. The molecule has 0 bridgehead atoms. The molecule has 1 amide bonds. The predicted molar refractivity (Wildman–Crippen MR) is 81.0 cm³/mol. The standard InChI is InChI=1S/C16H20FN3O2/c1-11-10-15(22-19-11)16(21)18-14(8-9-20(2)3)12-4-6-13(17)7-5-12/h4-7,10,14H,8-9H2,1-3H3,(H,18,21). The van der Waals surface area contributed by atoms with E-state index < -0.39 is 0 Å². The van der Waals surface area contributed by atoms with Gasteiger partial charge in [-0.15, -0.1) is 0 Å². The van der Waals surface area contributed by atoms with Crippen LogP contribution in [0.5, 0.6) is 0 Å². The monoisotopic (exact) mass is 305 g/mol. The molecule has 5 nitrogen and oxygen atoms in total. The van der Waals surface area contributed by atoms with Gasteiger partial charge in [-0.2, -0.15) is 0 Å².